The minimum absolute atomic E-state index is 0.0310. The van der Waals surface area contributed by atoms with E-state index >= 15 is 0 Å². The fourth-order valence-electron chi connectivity index (χ4n) is 1.36. The third-order valence-electron chi connectivity index (χ3n) is 2.27. The molecular weight excluding hydrogens is 255 g/mol. The lowest BCUT2D eigenvalue weighted by Gasteiger charge is -2.06. The Kier molecular flexibility index (Phi) is 4.04. The Morgan fingerprint density at radius 1 is 1.33 bits per heavy atom. The molecule has 94 valence electrons. The van der Waals surface area contributed by atoms with Crippen LogP contribution in [-0.4, -0.2) is 18.4 Å². The van der Waals surface area contributed by atoms with Gasteiger partial charge in [-0.15, -0.1) is 0 Å². The Hall–Kier alpha value is -1.75. The minimum atomic E-state index is -1.68. The van der Waals surface area contributed by atoms with E-state index in [4.69, 9.17) is 9.15 Å². The highest BCUT2D eigenvalue weighted by atomic mass is 32.2. The molecule has 1 aromatic heterocycles. The highest BCUT2D eigenvalue weighted by Gasteiger charge is 2.22. The molecule has 2 aromatic rings. The van der Waals surface area contributed by atoms with Gasteiger partial charge in [-0.3, -0.25) is 4.79 Å². The van der Waals surface area contributed by atoms with Gasteiger partial charge in [-0.1, -0.05) is 11.8 Å². The van der Waals surface area contributed by atoms with E-state index in [2.05, 4.69) is 0 Å². The van der Waals surface area contributed by atoms with Gasteiger partial charge in [-0.2, -0.15) is 0 Å². The first-order chi connectivity index (χ1) is 8.70. The van der Waals surface area contributed by atoms with Gasteiger partial charge in [0.15, 0.2) is 5.76 Å². The number of carbonyl (C=O) groups excluding carboxylic acids is 1. The predicted octanol–water partition coefficient (Wildman–Crippen LogP) is 3.56. The van der Waals surface area contributed by atoms with Crippen molar-refractivity contribution in [3.8, 4) is 5.75 Å². The smallest absolute Gasteiger partial charge is 0.242 e. The second kappa shape index (κ2) is 5.73. The number of Topliss-reactive ketones (excluding diaryl/α,β-unsaturated/α-hetero) is 1. The largest absolute Gasteiger partial charge is 0.497 e. The Morgan fingerprint density at radius 3 is 2.61 bits per heavy atom. The molecule has 1 aromatic carbocycles. The highest BCUT2D eigenvalue weighted by Crippen LogP contribution is 2.28. The van der Waals surface area contributed by atoms with Crippen LogP contribution < -0.4 is 4.74 Å². The van der Waals surface area contributed by atoms with E-state index in [1.54, 1.807) is 37.4 Å². The molecule has 18 heavy (non-hydrogen) atoms. The summed E-state index contributed by atoms with van der Waals surface area (Å²) in [6.07, 6.45) is 1.35. The Morgan fingerprint density at radius 2 is 2.06 bits per heavy atom. The molecule has 1 heterocycles. The third kappa shape index (κ3) is 2.92. The van der Waals surface area contributed by atoms with Crippen molar-refractivity contribution in [2.75, 3.05) is 7.11 Å². The molecule has 0 aliphatic rings. The fourth-order valence-corrected chi connectivity index (χ4v) is 2.11. The number of alkyl halides is 1. The van der Waals surface area contributed by atoms with Crippen molar-refractivity contribution >= 4 is 17.5 Å². The molecule has 0 bridgehead atoms. The monoisotopic (exact) mass is 266 g/mol. The van der Waals surface area contributed by atoms with Gasteiger partial charge in [-0.25, -0.2) is 4.39 Å². The summed E-state index contributed by atoms with van der Waals surface area (Å²) in [5, 5.41) is 0. The van der Waals surface area contributed by atoms with Gasteiger partial charge in [0.2, 0.25) is 11.3 Å². The molecule has 1 atom stereocenters. The van der Waals surface area contributed by atoms with Gasteiger partial charge in [0.25, 0.3) is 0 Å². The molecule has 0 spiro atoms. The quantitative estimate of drug-likeness (QED) is 0.612. The van der Waals surface area contributed by atoms with Crippen molar-refractivity contribution < 1.29 is 18.3 Å². The molecule has 3 nitrogen and oxygen atoms in total. The van der Waals surface area contributed by atoms with Crippen LogP contribution in [-0.2, 0) is 0 Å². The summed E-state index contributed by atoms with van der Waals surface area (Å²) in [6, 6.07) is 9.83. The molecule has 1 unspecified atom stereocenters. The number of furan rings is 1. The maximum atomic E-state index is 13.8. The van der Waals surface area contributed by atoms with Gasteiger partial charge in [0, 0.05) is 4.90 Å². The molecule has 5 heteroatoms. The maximum Gasteiger partial charge on any atom is 0.242 e. The lowest BCUT2D eigenvalue weighted by Crippen LogP contribution is -2.10. The van der Waals surface area contributed by atoms with Crippen molar-refractivity contribution in [1.29, 1.82) is 0 Å². The third-order valence-corrected chi connectivity index (χ3v) is 3.23. The van der Waals surface area contributed by atoms with Crippen molar-refractivity contribution in [2.24, 2.45) is 0 Å². The summed E-state index contributed by atoms with van der Waals surface area (Å²) in [5.41, 5.74) is -1.68. The average molecular weight is 266 g/mol. The predicted molar refractivity (Wildman–Crippen MR) is 66.8 cm³/mol. The van der Waals surface area contributed by atoms with Crippen LogP contribution in [0.5, 0.6) is 5.75 Å². The van der Waals surface area contributed by atoms with Gasteiger partial charge >= 0.3 is 0 Å². The molecule has 0 saturated heterocycles. The van der Waals surface area contributed by atoms with Crippen molar-refractivity contribution in [2.45, 2.75) is 10.4 Å². The van der Waals surface area contributed by atoms with Crippen molar-refractivity contribution in [3.63, 3.8) is 0 Å². The number of thioether (sulfide) groups is 1. The number of rotatable bonds is 5. The molecule has 0 N–H and O–H groups in total. The van der Waals surface area contributed by atoms with E-state index in [0.29, 0.717) is 10.6 Å². The summed E-state index contributed by atoms with van der Waals surface area (Å²) >= 11 is 0.837. The lowest BCUT2D eigenvalue weighted by atomic mass is 10.3. The summed E-state index contributed by atoms with van der Waals surface area (Å²) < 4.78 is 23.6. The molecule has 0 aliphatic carbocycles. The molecule has 0 aliphatic heterocycles. The second-order valence-corrected chi connectivity index (χ2v) is 4.57. The number of benzene rings is 1. The highest BCUT2D eigenvalue weighted by molar-refractivity contribution is 8.00. The van der Waals surface area contributed by atoms with Crippen LogP contribution in [0.2, 0.25) is 0 Å². The van der Waals surface area contributed by atoms with Crippen LogP contribution in [0.25, 0.3) is 0 Å². The zero-order chi connectivity index (χ0) is 13.0. The van der Waals surface area contributed by atoms with E-state index in [9.17, 15) is 9.18 Å². The van der Waals surface area contributed by atoms with E-state index in [0.717, 1.165) is 11.8 Å². The molecule has 0 saturated carbocycles. The van der Waals surface area contributed by atoms with Gasteiger partial charge in [0.05, 0.1) is 13.4 Å². The van der Waals surface area contributed by atoms with Gasteiger partial charge in [0.1, 0.15) is 5.75 Å². The lowest BCUT2D eigenvalue weighted by molar-refractivity contribution is 0.0911. The van der Waals surface area contributed by atoms with Crippen LogP contribution >= 0.6 is 11.8 Å². The summed E-state index contributed by atoms with van der Waals surface area (Å²) in [7, 11) is 1.56. The number of ether oxygens (including phenoxy) is 1. The molecule has 2 rings (SSSR count). The first kappa shape index (κ1) is 12.7. The number of hydrogen-bond donors (Lipinski definition) is 0. The molecule has 0 radical (unpaired) electrons. The van der Waals surface area contributed by atoms with Crippen molar-refractivity contribution in [3.05, 3.63) is 48.4 Å². The topological polar surface area (TPSA) is 39.4 Å². The SMILES string of the molecule is COc1ccc(SC(F)C(=O)c2ccco2)cc1. The first-order valence-electron chi connectivity index (χ1n) is 5.23. The van der Waals surface area contributed by atoms with E-state index in [-0.39, 0.29) is 5.76 Å². The number of methoxy groups -OCH3 is 1. The zero-order valence-electron chi connectivity index (χ0n) is 9.63. The first-order valence-corrected chi connectivity index (χ1v) is 6.11. The van der Waals surface area contributed by atoms with Gasteiger partial charge < -0.3 is 9.15 Å². The van der Waals surface area contributed by atoms with Crippen LogP contribution in [0, 0.1) is 0 Å². The standard InChI is InChI=1S/C13H11FO3S/c1-16-9-4-6-10(7-5-9)18-13(14)12(15)11-3-2-8-17-11/h2-8,13H,1H3. The Bertz CT molecular complexity index is 508. The zero-order valence-corrected chi connectivity index (χ0v) is 10.4. The number of halogens is 1. The summed E-state index contributed by atoms with van der Waals surface area (Å²) in [6.45, 7) is 0. The van der Waals surface area contributed by atoms with E-state index < -0.39 is 11.3 Å². The molecule has 0 amide bonds. The number of carbonyl (C=O) groups is 1. The molecule has 0 fully saturated rings. The normalized spacial score (nSPS) is 12.1. The number of hydrogen-bond acceptors (Lipinski definition) is 4. The summed E-state index contributed by atoms with van der Waals surface area (Å²) in [5.74, 6) is 0.0523. The Balaban J connectivity index is 2.02. The second-order valence-electron chi connectivity index (χ2n) is 3.45. The number of ketones is 1. The van der Waals surface area contributed by atoms with E-state index in [1.165, 1.54) is 12.3 Å². The minimum Gasteiger partial charge on any atom is -0.497 e. The van der Waals surface area contributed by atoms with Crippen LogP contribution in [0.1, 0.15) is 10.6 Å². The van der Waals surface area contributed by atoms with Crippen LogP contribution in [0.4, 0.5) is 4.39 Å². The van der Waals surface area contributed by atoms with Crippen LogP contribution in [0.3, 0.4) is 0 Å². The summed E-state index contributed by atoms with van der Waals surface area (Å²) in [4.78, 5) is 12.3. The van der Waals surface area contributed by atoms with Crippen molar-refractivity contribution in [1.82, 2.24) is 0 Å². The van der Waals surface area contributed by atoms with E-state index in [1.807, 2.05) is 0 Å². The molecular formula is C13H11FO3S. The fraction of sp³-hybridized carbons (Fsp3) is 0.154. The van der Waals surface area contributed by atoms with Crippen LogP contribution in [0.15, 0.2) is 52.0 Å². The van der Waals surface area contributed by atoms with Gasteiger partial charge in [-0.05, 0) is 36.4 Å². The Labute approximate surface area is 108 Å². The average Bonchev–Trinajstić information content (AvgIpc) is 2.92. The maximum absolute atomic E-state index is 13.8.